The van der Waals surface area contributed by atoms with Gasteiger partial charge >= 0.3 is 0 Å². The first-order valence-electron chi connectivity index (χ1n) is 6.93. The third-order valence-corrected chi connectivity index (χ3v) is 3.94. The van der Waals surface area contributed by atoms with Crippen LogP contribution in [-0.4, -0.2) is 104 Å². The Labute approximate surface area is 126 Å². The SMILES string of the molecule is C[C@H]1OC(O)[C@@H](O)[C@@H](O[C@@H]2O[C@H](CO)[C@@H](O)[C@H](O)[C@H]2O)[C@H]1O. The van der Waals surface area contributed by atoms with E-state index in [0.717, 1.165) is 0 Å². The molecule has 10 heteroatoms. The summed E-state index contributed by atoms with van der Waals surface area (Å²) < 4.78 is 15.3. The summed E-state index contributed by atoms with van der Waals surface area (Å²) in [5, 5.41) is 67.6. The lowest BCUT2D eigenvalue weighted by Crippen LogP contribution is -2.63. The van der Waals surface area contributed by atoms with Crippen LogP contribution >= 0.6 is 0 Å². The molecule has 1 unspecified atom stereocenters. The number of aliphatic hydroxyl groups excluding tert-OH is 7. The zero-order valence-electron chi connectivity index (χ0n) is 11.8. The van der Waals surface area contributed by atoms with Crippen LogP contribution in [0.15, 0.2) is 0 Å². The van der Waals surface area contributed by atoms with Crippen molar-refractivity contribution in [3.05, 3.63) is 0 Å². The number of hydrogen-bond acceptors (Lipinski definition) is 10. The van der Waals surface area contributed by atoms with E-state index in [9.17, 15) is 30.6 Å². The lowest BCUT2D eigenvalue weighted by molar-refractivity contribution is -0.353. The molecule has 0 aromatic carbocycles. The summed E-state index contributed by atoms with van der Waals surface area (Å²) in [6, 6.07) is 0. The average Bonchev–Trinajstić information content (AvgIpc) is 2.49. The molecule has 0 saturated carbocycles. The van der Waals surface area contributed by atoms with Crippen molar-refractivity contribution in [2.75, 3.05) is 6.61 Å². The molecule has 2 saturated heterocycles. The maximum absolute atomic E-state index is 9.96. The van der Waals surface area contributed by atoms with Gasteiger partial charge in [-0.1, -0.05) is 0 Å². The van der Waals surface area contributed by atoms with Crippen LogP contribution < -0.4 is 0 Å². The first kappa shape index (κ1) is 17.9. The maximum atomic E-state index is 9.96. The van der Waals surface area contributed by atoms with Crippen LogP contribution in [0.1, 0.15) is 6.92 Å². The van der Waals surface area contributed by atoms with E-state index in [0.29, 0.717) is 0 Å². The van der Waals surface area contributed by atoms with Gasteiger partial charge in [-0.25, -0.2) is 0 Å². The molecule has 2 heterocycles. The Morgan fingerprint density at radius 1 is 0.818 bits per heavy atom. The summed E-state index contributed by atoms with van der Waals surface area (Å²) in [6.45, 7) is 0.812. The van der Waals surface area contributed by atoms with Crippen molar-refractivity contribution >= 4 is 0 Å². The van der Waals surface area contributed by atoms with Gasteiger partial charge in [0, 0.05) is 0 Å². The highest BCUT2D eigenvalue weighted by Crippen LogP contribution is 2.28. The van der Waals surface area contributed by atoms with Gasteiger partial charge in [0.15, 0.2) is 12.6 Å². The van der Waals surface area contributed by atoms with E-state index in [1.165, 1.54) is 6.92 Å². The summed E-state index contributed by atoms with van der Waals surface area (Å²) >= 11 is 0. The molecule has 2 rings (SSSR count). The van der Waals surface area contributed by atoms with Crippen LogP contribution in [0.4, 0.5) is 0 Å². The minimum atomic E-state index is -1.67. The second-order valence-electron chi connectivity index (χ2n) is 5.51. The zero-order valence-corrected chi connectivity index (χ0v) is 11.8. The predicted octanol–water partition coefficient (Wildman–Crippen LogP) is -4.37. The third-order valence-electron chi connectivity index (χ3n) is 3.94. The normalized spacial score (nSPS) is 53.5. The lowest BCUT2D eigenvalue weighted by Gasteiger charge is -2.44. The van der Waals surface area contributed by atoms with Crippen molar-refractivity contribution in [3.63, 3.8) is 0 Å². The molecule has 0 aromatic heterocycles. The molecule has 22 heavy (non-hydrogen) atoms. The minimum Gasteiger partial charge on any atom is -0.394 e. The highest BCUT2D eigenvalue weighted by molar-refractivity contribution is 4.92. The van der Waals surface area contributed by atoms with Crippen LogP contribution in [-0.2, 0) is 14.2 Å². The summed E-state index contributed by atoms with van der Waals surface area (Å²) in [7, 11) is 0. The van der Waals surface area contributed by atoms with Gasteiger partial charge in [0.25, 0.3) is 0 Å². The van der Waals surface area contributed by atoms with Crippen LogP contribution in [0, 0.1) is 0 Å². The fourth-order valence-corrected chi connectivity index (χ4v) is 2.51. The van der Waals surface area contributed by atoms with Gasteiger partial charge in [-0.05, 0) is 6.92 Å². The highest BCUT2D eigenvalue weighted by Gasteiger charge is 2.49. The van der Waals surface area contributed by atoms with Crippen molar-refractivity contribution in [2.24, 2.45) is 0 Å². The van der Waals surface area contributed by atoms with Crippen molar-refractivity contribution < 1.29 is 50.0 Å². The maximum Gasteiger partial charge on any atom is 0.187 e. The van der Waals surface area contributed by atoms with Gasteiger partial charge in [0.05, 0.1) is 12.7 Å². The molecule has 0 bridgehead atoms. The lowest BCUT2D eigenvalue weighted by atomic mass is 9.97. The molecule has 130 valence electrons. The first-order valence-corrected chi connectivity index (χ1v) is 6.93. The van der Waals surface area contributed by atoms with E-state index in [2.05, 4.69) is 0 Å². The summed E-state index contributed by atoms with van der Waals surface area (Å²) in [5.41, 5.74) is 0. The fraction of sp³-hybridized carbons (Fsp3) is 1.00. The van der Waals surface area contributed by atoms with E-state index in [1.54, 1.807) is 0 Å². The monoisotopic (exact) mass is 326 g/mol. The Hall–Kier alpha value is -0.400. The average molecular weight is 326 g/mol. The molecule has 0 aliphatic carbocycles. The van der Waals surface area contributed by atoms with Crippen LogP contribution in [0.25, 0.3) is 0 Å². The van der Waals surface area contributed by atoms with Gasteiger partial charge in [0.1, 0.15) is 42.7 Å². The molecule has 10 atom stereocenters. The molecule has 2 aliphatic heterocycles. The fourth-order valence-electron chi connectivity index (χ4n) is 2.51. The molecule has 0 spiro atoms. The molecule has 0 radical (unpaired) electrons. The molecule has 2 aliphatic rings. The van der Waals surface area contributed by atoms with Gasteiger partial charge in [0.2, 0.25) is 0 Å². The molecule has 0 amide bonds. The molecule has 2 fully saturated rings. The Bertz CT molecular complexity index is 352. The topological polar surface area (TPSA) is 169 Å². The van der Waals surface area contributed by atoms with Crippen molar-refractivity contribution in [2.45, 2.75) is 68.3 Å². The Morgan fingerprint density at radius 2 is 1.45 bits per heavy atom. The largest absolute Gasteiger partial charge is 0.394 e. The second kappa shape index (κ2) is 7.01. The van der Waals surface area contributed by atoms with Crippen LogP contribution in [0.5, 0.6) is 0 Å². The standard InChI is InChI=1S/C12H22O10/c1-3-5(14)10(9(18)11(19)20-3)22-12-8(17)7(16)6(15)4(2-13)21-12/h3-19H,2H2,1H3/t3-,4-,5+,6-,7+,8-,9+,10+,11?,12+/m1/s1. The molecular weight excluding hydrogens is 304 g/mol. The van der Waals surface area contributed by atoms with Gasteiger partial charge in [-0.3, -0.25) is 0 Å². The van der Waals surface area contributed by atoms with E-state index < -0.39 is 68.0 Å². The van der Waals surface area contributed by atoms with Crippen LogP contribution in [0.3, 0.4) is 0 Å². The number of rotatable bonds is 3. The summed E-state index contributed by atoms with van der Waals surface area (Å²) in [4.78, 5) is 0. The second-order valence-corrected chi connectivity index (χ2v) is 5.51. The number of ether oxygens (including phenoxy) is 3. The Kier molecular flexibility index (Phi) is 5.72. The summed E-state index contributed by atoms with van der Waals surface area (Å²) in [6.07, 6.45) is -14.3. The Morgan fingerprint density at radius 3 is 2.05 bits per heavy atom. The van der Waals surface area contributed by atoms with E-state index in [4.69, 9.17) is 19.3 Å². The van der Waals surface area contributed by atoms with Crippen molar-refractivity contribution in [1.29, 1.82) is 0 Å². The number of aliphatic hydroxyl groups is 7. The minimum absolute atomic E-state index is 0.636. The zero-order chi connectivity index (χ0) is 16.6. The predicted molar refractivity (Wildman–Crippen MR) is 67.2 cm³/mol. The van der Waals surface area contributed by atoms with E-state index in [1.807, 2.05) is 0 Å². The quantitative estimate of drug-likeness (QED) is 0.269. The molecule has 10 nitrogen and oxygen atoms in total. The molecule has 7 N–H and O–H groups in total. The Balaban J connectivity index is 2.10. The van der Waals surface area contributed by atoms with Gasteiger partial charge < -0.3 is 50.0 Å². The first-order chi connectivity index (χ1) is 10.3. The molecule has 0 aromatic rings. The summed E-state index contributed by atoms with van der Waals surface area (Å²) in [5.74, 6) is 0. The van der Waals surface area contributed by atoms with Gasteiger partial charge in [-0.2, -0.15) is 0 Å². The van der Waals surface area contributed by atoms with E-state index >= 15 is 0 Å². The highest BCUT2D eigenvalue weighted by atomic mass is 16.7. The molecular formula is C12H22O10. The van der Waals surface area contributed by atoms with E-state index in [-0.39, 0.29) is 0 Å². The third kappa shape index (κ3) is 3.26. The van der Waals surface area contributed by atoms with Crippen LogP contribution in [0.2, 0.25) is 0 Å². The van der Waals surface area contributed by atoms with Crippen molar-refractivity contribution in [1.82, 2.24) is 0 Å². The van der Waals surface area contributed by atoms with Crippen molar-refractivity contribution in [3.8, 4) is 0 Å². The number of hydrogen-bond donors (Lipinski definition) is 7. The smallest absolute Gasteiger partial charge is 0.187 e. The van der Waals surface area contributed by atoms with Gasteiger partial charge in [-0.15, -0.1) is 0 Å².